The number of nitrogens with one attached hydrogen (secondary N) is 3. The number of hydrogen-bond acceptors (Lipinski definition) is 20. The van der Waals surface area contributed by atoms with Crippen LogP contribution < -0.4 is 50.8 Å². The van der Waals surface area contributed by atoms with Gasteiger partial charge in [0.2, 0.25) is 29.6 Å². The van der Waals surface area contributed by atoms with Crippen molar-refractivity contribution in [3.8, 4) is 0 Å². The van der Waals surface area contributed by atoms with Crippen LogP contribution in [0.15, 0.2) is 27.2 Å². The Labute approximate surface area is 402 Å². The third-order valence-electron chi connectivity index (χ3n) is 7.92. The van der Waals surface area contributed by atoms with Gasteiger partial charge in [-0.15, -0.1) is 23.4 Å². The van der Waals surface area contributed by atoms with E-state index in [2.05, 4.69) is 40.2 Å². The number of carboxylic acids is 1. The second-order valence-electron chi connectivity index (χ2n) is 13.7. The number of aliphatic carboxylic acids is 1. The molecule has 0 bridgehead atoms. The van der Waals surface area contributed by atoms with Crippen molar-refractivity contribution in [2.45, 2.75) is 65.2 Å². The summed E-state index contributed by atoms with van der Waals surface area (Å²) in [6.45, 7) is 4.43. The molecule has 70 heavy (non-hydrogen) atoms. The van der Waals surface area contributed by atoms with Crippen molar-refractivity contribution in [3.63, 3.8) is 0 Å². The number of nitrogens with zero attached hydrogens (tertiary/aromatic N) is 7. The lowest BCUT2D eigenvalue weighted by Gasteiger charge is -2.18. The predicted molar refractivity (Wildman–Crippen MR) is 245 cm³/mol. The Hall–Kier alpha value is -7.26. The molecule has 29 nitrogen and oxygen atoms in total. The zero-order chi connectivity index (χ0) is 53.0. The van der Waals surface area contributed by atoms with Crippen molar-refractivity contribution in [1.82, 2.24) is 44.4 Å². The van der Waals surface area contributed by atoms with E-state index < -0.39 is 53.1 Å². The number of hydrogen-bond donors (Lipinski definition) is 10. The van der Waals surface area contributed by atoms with Crippen molar-refractivity contribution in [3.05, 3.63) is 33.4 Å². The number of carbonyl (C=O) groups excluding carboxylic acids is 5. The van der Waals surface area contributed by atoms with E-state index in [1.54, 1.807) is 6.92 Å². The first kappa shape index (κ1) is 60.8. The number of rotatable bonds is 24. The molecule has 0 fully saturated rings. The SMILES string of the molecule is CCCC(N)=O.C[C@@H](CSCC(=O)OCCOCn1cnc2c(=O)[nH]c(N)nc21)C(=O)N[C@H](CCCN=C(N)N)C(N)=O.Nc1nc2c(ncn2COCCOC(=O)CCl)c(=O)[nH]1.O=C(O)C(F)(F)F. The van der Waals surface area contributed by atoms with Crippen LogP contribution in [0.3, 0.4) is 0 Å². The number of alkyl halides is 4. The minimum Gasteiger partial charge on any atom is -0.475 e. The Bertz CT molecular complexity index is 2480. The predicted octanol–water partition coefficient (Wildman–Crippen LogP) is -2.02. The fourth-order valence-corrected chi connectivity index (χ4v) is 5.66. The van der Waals surface area contributed by atoms with Gasteiger partial charge >= 0.3 is 24.1 Å². The number of aliphatic imine (C=N–C) groups is 1. The highest BCUT2D eigenvalue weighted by Gasteiger charge is 2.38. The van der Waals surface area contributed by atoms with Gasteiger partial charge in [0.1, 0.15) is 38.6 Å². The van der Waals surface area contributed by atoms with Crippen molar-refractivity contribution in [1.29, 1.82) is 0 Å². The summed E-state index contributed by atoms with van der Waals surface area (Å²) in [5.74, 6) is -5.35. The Morgan fingerprint density at radius 1 is 0.871 bits per heavy atom. The molecule has 0 radical (unpaired) electrons. The van der Waals surface area contributed by atoms with Gasteiger partial charge in [0.25, 0.3) is 11.1 Å². The molecule has 0 aliphatic rings. The van der Waals surface area contributed by atoms with Crippen LogP contribution in [0.5, 0.6) is 0 Å². The van der Waals surface area contributed by atoms with E-state index in [0.717, 1.165) is 6.42 Å². The van der Waals surface area contributed by atoms with Gasteiger partial charge in [-0.3, -0.25) is 57.7 Å². The van der Waals surface area contributed by atoms with Gasteiger partial charge < -0.3 is 63.8 Å². The lowest BCUT2D eigenvalue weighted by Crippen LogP contribution is -2.46. The van der Waals surface area contributed by atoms with Crippen LogP contribution in [0.1, 0.15) is 39.5 Å². The van der Waals surface area contributed by atoms with Gasteiger partial charge in [0.05, 0.1) is 31.6 Å². The lowest BCUT2D eigenvalue weighted by molar-refractivity contribution is -0.192. The summed E-state index contributed by atoms with van der Waals surface area (Å²) in [4.78, 5) is 113. The number of ether oxygens (including phenoxy) is 4. The number of fused-ring (bicyclic) bond motifs is 2. The molecule has 4 rings (SSSR count). The number of guanidine groups is 1. The minimum absolute atomic E-state index is 0.000271. The Balaban J connectivity index is 0.000000611. The summed E-state index contributed by atoms with van der Waals surface area (Å²) in [6, 6.07) is -0.840. The number of esters is 2. The first-order chi connectivity index (χ1) is 32.9. The number of carbonyl (C=O) groups is 6. The summed E-state index contributed by atoms with van der Waals surface area (Å²) in [5.41, 5.74) is 31.7. The van der Waals surface area contributed by atoms with E-state index in [4.69, 9.17) is 74.9 Å². The van der Waals surface area contributed by atoms with E-state index in [1.807, 2.05) is 6.92 Å². The third kappa shape index (κ3) is 24.2. The zero-order valence-electron chi connectivity index (χ0n) is 37.6. The number of carboxylic acid groups (broad SMARTS) is 1. The quantitative estimate of drug-likeness (QED) is 0.0119. The summed E-state index contributed by atoms with van der Waals surface area (Å²) in [7, 11) is 0. The number of anilines is 2. The molecule has 0 aromatic carbocycles. The van der Waals surface area contributed by atoms with Gasteiger partial charge in [-0.2, -0.15) is 23.1 Å². The van der Waals surface area contributed by atoms with Crippen molar-refractivity contribution in [2.75, 3.05) is 61.8 Å². The molecule has 0 saturated heterocycles. The normalized spacial score (nSPS) is 11.6. The molecule has 34 heteroatoms. The van der Waals surface area contributed by atoms with Crippen LogP contribution in [0.4, 0.5) is 25.1 Å². The molecule has 16 N–H and O–H groups in total. The largest absolute Gasteiger partial charge is 0.490 e. The maximum atomic E-state index is 12.4. The molecule has 4 heterocycles. The highest BCUT2D eigenvalue weighted by molar-refractivity contribution is 7.99. The van der Waals surface area contributed by atoms with Crippen LogP contribution in [-0.4, -0.2) is 148 Å². The van der Waals surface area contributed by atoms with Crippen molar-refractivity contribution < 1.29 is 66.0 Å². The topological polar surface area (TPSA) is 467 Å². The van der Waals surface area contributed by atoms with Gasteiger partial charge in [0, 0.05) is 24.6 Å². The number of nitrogen functional groups attached to an aromatic ring is 2. The Morgan fingerprint density at radius 3 is 1.76 bits per heavy atom. The summed E-state index contributed by atoms with van der Waals surface area (Å²) in [5, 5.41) is 9.74. The molecule has 2 atom stereocenters. The second kappa shape index (κ2) is 31.7. The number of H-pyrrole nitrogens is 2. The fourth-order valence-electron chi connectivity index (χ4n) is 4.71. The number of thioether (sulfide) groups is 1. The van der Waals surface area contributed by atoms with E-state index in [0.29, 0.717) is 37.2 Å². The average Bonchev–Trinajstić information content (AvgIpc) is 3.88. The molecule has 4 aromatic heterocycles. The molecular weight excluding hydrogens is 989 g/mol. The monoisotopic (exact) mass is 1040 g/mol. The molecule has 0 spiro atoms. The van der Waals surface area contributed by atoms with Gasteiger partial charge in [-0.1, -0.05) is 13.8 Å². The standard InChI is InChI=1S/C20H32N10O6S.C10H12ClN5O4.C4H9NO.C2HF3O2/c1-11(17(33)27-12(15(21)32)3-2-4-25-19(22)23)7-37-8-13(31)36-6-5-35-10-30-9-26-14-16(30)28-20(24)29-18(14)34;11-3-6(17)20-2-1-19-5-16-4-13-7-8(16)14-10(12)15-9(7)18;1-2-3-4(5)6;3-2(4,5)1(6)7/h9,11-12H,2-8,10H2,1H3,(H2,21,32)(H,27,33)(H4,22,23,25)(H3,24,28,29,34);4H,1-3,5H2,(H3,12,14,15,18);2-3H2,1H3,(H2,5,6);(H,6,7)/t11-,12+;;;/m0.../s1. The van der Waals surface area contributed by atoms with E-state index >= 15 is 0 Å². The molecule has 0 aliphatic heterocycles. The number of aromatic nitrogens is 8. The fraction of sp³-hybridized carbons (Fsp3) is 0.528. The zero-order valence-corrected chi connectivity index (χ0v) is 39.1. The van der Waals surface area contributed by atoms with Crippen LogP contribution in [0.2, 0.25) is 0 Å². The smallest absolute Gasteiger partial charge is 0.475 e. The van der Waals surface area contributed by atoms with E-state index in [9.17, 15) is 46.7 Å². The number of amides is 3. The van der Waals surface area contributed by atoms with Gasteiger partial charge in [-0.25, -0.2) is 14.8 Å². The lowest BCUT2D eigenvalue weighted by atomic mass is 10.1. The molecule has 3 amide bonds. The molecule has 0 saturated carbocycles. The Kier molecular flexibility index (Phi) is 27.5. The third-order valence-corrected chi connectivity index (χ3v) is 9.31. The van der Waals surface area contributed by atoms with Crippen LogP contribution in [0, 0.1) is 5.92 Å². The summed E-state index contributed by atoms with van der Waals surface area (Å²) in [6.07, 6.45) is -0.141. The minimum atomic E-state index is -5.08. The van der Waals surface area contributed by atoms with Crippen LogP contribution in [-0.2, 0) is 61.2 Å². The first-order valence-electron chi connectivity index (χ1n) is 20.2. The molecule has 0 unspecified atom stereocenters. The number of imidazole rings is 2. The van der Waals surface area contributed by atoms with Gasteiger partial charge in [0.15, 0.2) is 28.3 Å². The van der Waals surface area contributed by atoms with Crippen LogP contribution >= 0.6 is 23.4 Å². The van der Waals surface area contributed by atoms with Crippen molar-refractivity contribution >= 4 is 99.2 Å². The second-order valence-corrected chi connectivity index (χ2v) is 15.0. The number of primary amides is 2. The summed E-state index contributed by atoms with van der Waals surface area (Å²) < 4.78 is 55.3. The molecular formula is C36H54ClF3N16O13S. The molecule has 4 aromatic rings. The molecule has 0 aliphatic carbocycles. The highest BCUT2D eigenvalue weighted by Crippen LogP contribution is 2.13. The number of halogens is 4. The van der Waals surface area contributed by atoms with Gasteiger partial charge in [-0.05, 0) is 19.3 Å². The van der Waals surface area contributed by atoms with Crippen molar-refractivity contribution in [2.24, 2.45) is 33.8 Å². The van der Waals surface area contributed by atoms with E-state index in [1.165, 1.54) is 33.6 Å². The van der Waals surface area contributed by atoms with Crippen LogP contribution in [0.25, 0.3) is 22.3 Å². The highest BCUT2D eigenvalue weighted by atomic mass is 35.5. The summed E-state index contributed by atoms with van der Waals surface area (Å²) >= 11 is 6.48. The number of nitrogens with two attached hydrogens (primary N) is 6. The van der Waals surface area contributed by atoms with E-state index in [-0.39, 0.29) is 97.9 Å². The first-order valence-corrected chi connectivity index (χ1v) is 21.9. The maximum Gasteiger partial charge on any atom is 0.490 e. The average molecular weight is 1040 g/mol. The maximum absolute atomic E-state index is 12.4. The number of aromatic amines is 2. The molecule has 390 valence electrons. The Morgan fingerprint density at radius 2 is 1.36 bits per heavy atom.